The largest absolute Gasteiger partial charge is 0.485 e. The van der Waals surface area contributed by atoms with Crippen molar-refractivity contribution >= 4 is 36.2 Å². The van der Waals surface area contributed by atoms with Gasteiger partial charge in [-0.05, 0) is 24.4 Å². The summed E-state index contributed by atoms with van der Waals surface area (Å²) in [6.07, 6.45) is 1.66. The van der Waals surface area contributed by atoms with Crippen LogP contribution in [-0.2, 0) is 14.0 Å². The Labute approximate surface area is 175 Å². The van der Waals surface area contributed by atoms with Gasteiger partial charge in [0.15, 0.2) is 29.1 Å². The second kappa shape index (κ2) is 8.29. The Balaban J connectivity index is 1.60. The maximum atomic E-state index is 10.9. The molecule has 0 radical (unpaired) electrons. The van der Waals surface area contributed by atoms with Crippen LogP contribution in [-0.4, -0.2) is 64.1 Å². The van der Waals surface area contributed by atoms with Crippen LogP contribution in [0.15, 0.2) is 18.3 Å². The van der Waals surface area contributed by atoms with E-state index in [1.807, 2.05) is 0 Å². The van der Waals surface area contributed by atoms with Gasteiger partial charge in [-0.15, -0.1) is 0 Å². The number of aromatic nitrogens is 4. The quantitative estimate of drug-likeness (QED) is 0.236. The first-order valence-corrected chi connectivity index (χ1v) is 11.5. The number of aliphatic hydroxyl groups is 2. The lowest BCUT2D eigenvalue weighted by Gasteiger charge is -2.17. The fourth-order valence-corrected chi connectivity index (χ4v) is 4.01. The molecule has 3 heterocycles. The summed E-state index contributed by atoms with van der Waals surface area (Å²) in [6.45, 7) is 0. The predicted octanol–water partition coefficient (Wildman–Crippen LogP) is 1.08. The van der Waals surface area contributed by atoms with E-state index in [4.69, 9.17) is 30.9 Å². The van der Waals surface area contributed by atoms with E-state index >= 15 is 0 Å². The van der Waals surface area contributed by atoms with Crippen molar-refractivity contribution in [2.75, 3.05) is 11.7 Å². The first-order chi connectivity index (χ1) is 14.2. The lowest BCUT2D eigenvalue weighted by atomic mass is 10.2. The maximum absolute atomic E-state index is 10.9. The first kappa shape index (κ1) is 21.3. The highest BCUT2D eigenvalue weighted by Gasteiger charge is 2.42. The molecule has 12 nitrogen and oxygen atoms in total. The van der Waals surface area contributed by atoms with Crippen molar-refractivity contribution in [3.8, 4) is 0 Å². The van der Waals surface area contributed by atoms with E-state index in [1.165, 1.54) is 10.9 Å². The molecule has 1 saturated heterocycles. The van der Waals surface area contributed by atoms with Gasteiger partial charge in [-0.25, -0.2) is 4.98 Å². The molecule has 2 aromatic heterocycles. The van der Waals surface area contributed by atoms with Crippen molar-refractivity contribution < 1.29 is 34.0 Å². The third-order valence-corrected chi connectivity index (χ3v) is 5.62. The number of halogens is 1. The topological polar surface area (TPSA) is 172 Å². The lowest BCUT2D eigenvalue weighted by Crippen LogP contribution is -2.27. The number of hydrogen-bond donors (Lipinski definition) is 5. The van der Waals surface area contributed by atoms with Gasteiger partial charge in [0.1, 0.15) is 24.8 Å². The average molecular weight is 462 g/mol. The minimum Gasteiger partial charge on any atom is -0.485 e. The summed E-state index contributed by atoms with van der Waals surface area (Å²) in [5, 5.41) is 23.9. The number of ether oxygens (including phenoxy) is 2. The zero-order valence-electron chi connectivity index (χ0n) is 15.6. The van der Waals surface area contributed by atoms with Crippen LogP contribution in [0.3, 0.4) is 0 Å². The standard InChI is InChI=1S/C16H21ClN5O7P/c17-16-20-13(19-8-3-1-2-4-8)10-14(21-16)22(6-18-10)15-12(24)11(23)9(29-15)5-28-7-30(25,26)27/h5-6,8,11-12,15,23-24H,1-4,7H2,(H,19,20,21)(H2,25,26,27)/t11-,12-,15-/m1/s1. The minimum atomic E-state index is -4.40. The summed E-state index contributed by atoms with van der Waals surface area (Å²) < 4.78 is 22.6. The van der Waals surface area contributed by atoms with Crippen LogP contribution in [0.1, 0.15) is 31.9 Å². The normalized spacial score (nSPS) is 26.4. The molecule has 0 spiro atoms. The lowest BCUT2D eigenvalue weighted by molar-refractivity contribution is -0.0122. The highest BCUT2D eigenvalue weighted by Crippen LogP contribution is 2.37. The summed E-state index contributed by atoms with van der Waals surface area (Å²) in [4.78, 5) is 30.4. The molecule has 4 rings (SSSR count). The summed E-state index contributed by atoms with van der Waals surface area (Å²) in [7, 11) is -4.40. The Morgan fingerprint density at radius 1 is 1.33 bits per heavy atom. The number of nitrogens with one attached hydrogen (secondary N) is 1. The number of nitrogens with zero attached hydrogens (tertiary/aromatic N) is 4. The van der Waals surface area contributed by atoms with Crippen molar-refractivity contribution in [2.45, 2.75) is 50.2 Å². The van der Waals surface area contributed by atoms with E-state index in [9.17, 15) is 14.8 Å². The molecule has 2 fully saturated rings. The van der Waals surface area contributed by atoms with Gasteiger partial charge in [0.2, 0.25) is 11.5 Å². The molecule has 1 aliphatic carbocycles. The van der Waals surface area contributed by atoms with E-state index in [-0.39, 0.29) is 17.1 Å². The molecule has 2 aliphatic rings. The van der Waals surface area contributed by atoms with Gasteiger partial charge in [0, 0.05) is 6.04 Å². The second-order valence-corrected chi connectivity index (χ2v) is 9.14. The molecule has 1 aliphatic heterocycles. The van der Waals surface area contributed by atoms with E-state index in [2.05, 4.69) is 20.3 Å². The van der Waals surface area contributed by atoms with Gasteiger partial charge >= 0.3 is 7.60 Å². The first-order valence-electron chi connectivity index (χ1n) is 9.28. The predicted molar refractivity (Wildman–Crippen MR) is 104 cm³/mol. The monoisotopic (exact) mass is 461 g/mol. The van der Waals surface area contributed by atoms with Crippen LogP contribution >= 0.6 is 19.2 Å². The van der Waals surface area contributed by atoms with Crippen molar-refractivity contribution in [3.05, 3.63) is 23.6 Å². The highest BCUT2D eigenvalue weighted by molar-refractivity contribution is 7.51. The molecule has 1 saturated carbocycles. The van der Waals surface area contributed by atoms with Gasteiger partial charge in [-0.1, -0.05) is 12.8 Å². The van der Waals surface area contributed by atoms with Crippen molar-refractivity contribution in [1.82, 2.24) is 19.5 Å². The smallest absolute Gasteiger partial charge is 0.362 e. The van der Waals surface area contributed by atoms with Crippen molar-refractivity contribution in [3.63, 3.8) is 0 Å². The summed E-state index contributed by atoms with van der Waals surface area (Å²) in [5.41, 5.74) is 0.732. The molecule has 0 amide bonds. The number of anilines is 1. The third-order valence-electron chi connectivity index (χ3n) is 4.97. The number of imidazole rings is 1. The number of aliphatic hydroxyl groups excluding tert-OH is 2. The van der Waals surface area contributed by atoms with E-state index < -0.39 is 32.4 Å². The molecule has 3 atom stereocenters. The van der Waals surface area contributed by atoms with Crippen LogP contribution in [0.5, 0.6) is 0 Å². The van der Waals surface area contributed by atoms with Crippen LogP contribution in [0.2, 0.25) is 5.28 Å². The Bertz CT molecular complexity index is 1010. The van der Waals surface area contributed by atoms with Crippen molar-refractivity contribution in [2.24, 2.45) is 0 Å². The Hall–Kier alpha value is -1.95. The molecule has 0 bridgehead atoms. The Kier molecular flexibility index (Phi) is 5.88. The molecule has 164 valence electrons. The summed E-state index contributed by atoms with van der Waals surface area (Å²) in [6, 6.07) is 0.264. The molecule has 0 unspecified atom stereocenters. The van der Waals surface area contributed by atoms with Crippen molar-refractivity contribution in [1.29, 1.82) is 0 Å². The van der Waals surface area contributed by atoms with E-state index in [1.54, 1.807) is 0 Å². The minimum absolute atomic E-state index is 0.0153. The van der Waals surface area contributed by atoms with Crippen LogP contribution in [0.4, 0.5) is 5.82 Å². The molecule has 2 aromatic rings. The zero-order valence-corrected chi connectivity index (χ0v) is 17.3. The number of rotatable bonds is 6. The van der Waals surface area contributed by atoms with E-state index in [0.29, 0.717) is 17.0 Å². The summed E-state index contributed by atoms with van der Waals surface area (Å²) >= 11 is 6.09. The fourth-order valence-electron chi connectivity index (χ4n) is 3.58. The SMILES string of the molecule is O=P(O)(O)COC=C1O[C@@H](n2cnc3c(NC4CCCC4)nc(Cl)nc32)[C@H](O)[C@@H]1O. The highest BCUT2D eigenvalue weighted by atomic mass is 35.5. The Morgan fingerprint density at radius 3 is 2.77 bits per heavy atom. The molecular formula is C16H21ClN5O7P. The van der Waals surface area contributed by atoms with Gasteiger partial charge in [-0.3, -0.25) is 9.13 Å². The van der Waals surface area contributed by atoms with Crippen LogP contribution in [0, 0.1) is 0 Å². The zero-order chi connectivity index (χ0) is 21.5. The van der Waals surface area contributed by atoms with Gasteiger partial charge in [-0.2, -0.15) is 9.97 Å². The molecule has 14 heteroatoms. The third kappa shape index (κ3) is 4.39. The average Bonchev–Trinajstić information content (AvgIpc) is 3.37. The second-order valence-electron chi connectivity index (χ2n) is 7.22. The van der Waals surface area contributed by atoms with Gasteiger partial charge < -0.3 is 34.8 Å². The summed E-state index contributed by atoms with van der Waals surface area (Å²) in [5.74, 6) is 0.289. The van der Waals surface area contributed by atoms with Gasteiger partial charge in [0.05, 0.1) is 0 Å². The van der Waals surface area contributed by atoms with Crippen LogP contribution in [0.25, 0.3) is 11.2 Å². The molecule has 5 N–H and O–H groups in total. The Morgan fingerprint density at radius 2 is 2.07 bits per heavy atom. The number of fused-ring (bicyclic) bond motifs is 1. The van der Waals surface area contributed by atoms with E-state index in [0.717, 1.165) is 31.9 Å². The van der Waals surface area contributed by atoms with Gasteiger partial charge in [0.25, 0.3) is 0 Å². The molecule has 30 heavy (non-hydrogen) atoms. The molecule has 0 aromatic carbocycles. The number of hydrogen-bond acceptors (Lipinski definition) is 9. The fraction of sp³-hybridized carbons (Fsp3) is 0.562. The maximum Gasteiger partial charge on any atom is 0.362 e. The van der Waals surface area contributed by atoms with Crippen LogP contribution < -0.4 is 5.32 Å². The molecular weight excluding hydrogens is 441 g/mol.